The van der Waals surface area contributed by atoms with Gasteiger partial charge in [0.15, 0.2) is 11.6 Å². The molecule has 4 rings (SSSR count). The lowest BCUT2D eigenvalue weighted by Crippen LogP contribution is -2.28. The monoisotopic (exact) mass is 500 g/mol. The average molecular weight is 501 g/mol. The molecule has 0 heterocycles. The van der Waals surface area contributed by atoms with E-state index >= 15 is 0 Å². The van der Waals surface area contributed by atoms with Gasteiger partial charge in [-0.05, 0) is 37.1 Å². The van der Waals surface area contributed by atoms with Crippen molar-refractivity contribution in [1.82, 2.24) is 0 Å². The molecule has 7 heteroatoms. The minimum absolute atomic E-state index is 0.0292. The van der Waals surface area contributed by atoms with Gasteiger partial charge in [-0.25, -0.2) is 0 Å². The molecule has 0 bridgehead atoms. The third-order valence-corrected chi connectivity index (χ3v) is 7.39. The minimum Gasteiger partial charge on any atom is -0.326 e. The number of rotatable bonds is 9. The van der Waals surface area contributed by atoms with Crippen LogP contribution in [0.3, 0.4) is 0 Å². The molecule has 1 aliphatic carbocycles. The molecule has 1 unspecified atom stereocenters. The lowest BCUT2D eigenvalue weighted by molar-refractivity contribution is -0.116. The number of amides is 2. The summed E-state index contributed by atoms with van der Waals surface area (Å²) in [6, 6.07) is 19.1. The van der Waals surface area contributed by atoms with E-state index in [0.717, 1.165) is 17.7 Å². The topological polar surface area (TPSA) is 92.3 Å². The van der Waals surface area contributed by atoms with Crippen molar-refractivity contribution in [3.05, 3.63) is 89.0 Å². The van der Waals surface area contributed by atoms with Gasteiger partial charge < -0.3 is 10.6 Å². The van der Waals surface area contributed by atoms with Gasteiger partial charge in [-0.1, -0.05) is 62.7 Å². The lowest BCUT2D eigenvalue weighted by atomic mass is 9.83. The number of nitrogens with one attached hydrogen (secondary N) is 2. The Labute approximate surface area is 214 Å². The molecule has 2 N–H and O–H groups in total. The molecule has 0 spiro atoms. The molecule has 3 aromatic rings. The Bertz CT molecular complexity index is 1330. The lowest BCUT2D eigenvalue weighted by Gasteiger charge is -2.21. The second kappa shape index (κ2) is 11.4. The number of fused-ring (bicyclic) bond motifs is 2. The zero-order valence-corrected chi connectivity index (χ0v) is 21.1. The van der Waals surface area contributed by atoms with Crippen molar-refractivity contribution in [3.63, 3.8) is 0 Å². The number of benzene rings is 3. The van der Waals surface area contributed by atoms with E-state index in [4.69, 9.17) is 0 Å². The van der Waals surface area contributed by atoms with Crippen LogP contribution in [0.1, 0.15) is 71.4 Å². The minimum atomic E-state index is -0.437. The van der Waals surface area contributed by atoms with Crippen LogP contribution in [0.4, 0.5) is 11.4 Å². The van der Waals surface area contributed by atoms with Crippen molar-refractivity contribution in [2.45, 2.75) is 49.7 Å². The summed E-state index contributed by atoms with van der Waals surface area (Å²) in [6.07, 6.45) is 2.81. The molecular formula is C29H28N2O4S. The van der Waals surface area contributed by atoms with Crippen molar-refractivity contribution in [3.8, 4) is 0 Å². The predicted molar refractivity (Wildman–Crippen MR) is 143 cm³/mol. The van der Waals surface area contributed by atoms with E-state index < -0.39 is 5.25 Å². The van der Waals surface area contributed by atoms with E-state index in [0.29, 0.717) is 40.9 Å². The van der Waals surface area contributed by atoms with Crippen molar-refractivity contribution in [2.75, 3.05) is 10.6 Å². The Morgan fingerprint density at radius 1 is 0.833 bits per heavy atom. The van der Waals surface area contributed by atoms with Gasteiger partial charge in [-0.2, -0.15) is 0 Å². The van der Waals surface area contributed by atoms with E-state index in [-0.39, 0.29) is 28.9 Å². The first kappa shape index (κ1) is 25.4. The molecule has 0 radical (unpaired) electrons. The summed E-state index contributed by atoms with van der Waals surface area (Å²) in [5.74, 6) is -0.787. The Morgan fingerprint density at radius 3 is 2.25 bits per heavy atom. The first-order valence-corrected chi connectivity index (χ1v) is 13.0. The molecule has 36 heavy (non-hydrogen) atoms. The van der Waals surface area contributed by atoms with Gasteiger partial charge >= 0.3 is 0 Å². The van der Waals surface area contributed by atoms with E-state index in [1.54, 1.807) is 42.5 Å². The highest BCUT2D eigenvalue weighted by Gasteiger charge is 2.32. The fourth-order valence-corrected chi connectivity index (χ4v) is 5.17. The van der Waals surface area contributed by atoms with Gasteiger partial charge in [0.25, 0.3) is 0 Å². The summed E-state index contributed by atoms with van der Waals surface area (Å²) in [7, 11) is 0. The van der Waals surface area contributed by atoms with E-state index in [9.17, 15) is 19.2 Å². The third-order valence-electron chi connectivity index (χ3n) is 6.03. The second-order valence-electron chi connectivity index (χ2n) is 8.62. The maximum absolute atomic E-state index is 13.3. The van der Waals surface area contributed by atoms with Gasteiger partial charge in [-0.15, -0.1) is 11.8 Å². The summed E-state index contributed by atoms with van der Waals surface area (Å²) < 4.78 is 0. The molecule has 2 amide bonds. The van der Waals surface area contributed by atoms with Crippen molar-refractivity contribution in [2.24, 2.45) is 0 Å². The molecule has 6 nitrogen and oxygen atoms in total. The van der Waals surface area contributed by atoms with Gasteiger partial charge in [0.2, 0.25) is 11.8 Å². The third kappa shape index (κ3) is 5.41. The molecule has 1 atom stereocenters. The zero-order valence-electron chi connectivity index (χ0n) is 20.3. The smallest absolute Gasteiger partial charge is 0.237 e. The summed E-state index contributed by atoms with van der Waals surface area (Å²) >= 11 is 1.39. The van der Waals surface area contributed by atoms with Crippen LogP contribution in [-0.2, 0) is 9.59 Å². The number of hydrogen-bond acceptors (Lipinski definition) is 5. The Balaban J connectivity index is 1.51. The highest BCUT2D eigenvalue weighted by atomic mass is 32.2. The van der Waals surface area contributed by atoms with Gasteiger partial charge in [0.1, 0.15) is 0 Å². The molecular weight excluding hydrogens is 472 g/mol. The van der Waals surface area contributed by atoms with Crippen molar-refractivity contribution in [1.29, 1.82) is 0 Å². The first-order valence-electron chi connectivity index (χ1n) is 12.1. The van der Waals surface area contributed by atoms with Crippen LogP contribution in [0.15, 0.2) is 71.6 Å². The SMILES string of the molecule is CCCCC(=O)Nc1cccc(SC(CC)C(=O)Nc2cccc3c2C(=O)c2ccccc2C3=O)c1. The normalized spacial score (nSPS) is 12.9. The van der Waals surface area contributed by atoms with Gasteiger partial charge in [0.05, 0.1) is 16.5 Å². The molecule has 1 aliphatic rings. The number of unbranched alkanes of at least 4 members (excludes halogenated alkanes) is 1. The van der Waals surface area contributed by atoms with Crippen LogP contribution in [0.5, 0.6) is 0 Å². The maximum Gasteiger partial charge on any atom is 0.237 e. The Morgan fingerprint density at radius 2 is 1.53 bits per heavy atom. The van der Waals surface area contributed by atoms with E-state index in [1.807, 2.05) is 38.1 Å². The van der Waals surface area contributed by atoms with Gasteiger partial charge in [0, 0.05) is 33.7 Å². The molecule has 0 saturated carbocycles. The van der Waals surface area contributed by atoms with E-state index in [2.05, 4.69) is 10.6 Å². The molecule has 0 fully saturated rings. The van der Waals surface area contributed by atoms with Crippen LogP contribution in [-0.4, -0.2) is 28.6 Å². The summed E-state index contributed by atoms with van der Waals surface area (Å²) in [4.78, 5) is 52.4. The number of ketones is 2. The number of thioether (sulfide) groups is 1. The van der Waals surface area contributed by atoms with Crippen molar-refractivity contribution >= 4 is 46.5 Å². The largest absolute Gasteiger partial charge is 0.326 e. The summed E-state index contributed by atoms with van der Waals surface area (Å²) in [6.45, 7) is 3.96. The van der Waals surface area contributed by atoms with Gasteiger partial charge in [-0.3, -0.25) is 19.2 Å². The van der Waals surface area contributed by atoms with E-state index in [1.165, 1.54) is 11.8 Å². The van der Waals surface area contributed by atoms with Crippen LogP contribution in [0.25, 0.3) is 0 Å². The maximum atomic E-state index is 13.3. The fourth-order valence-electron chi connectivity index (χ4n) is 4.16. The van der Waals surface area contributed by atoms with Crippen LogP contribution in [0, 0.1) is 0 Å². The number of carbonyl (C=O) groups is 4. The second-order valence-corrected chi connectivity index (χ2v) is 9.89. The molecule has 0 saturated heterocycles. The summed E-state index contributed by atoms with van der Waals surface area (Å²) in [5, 5.41) is 5.36. The quantitative estimate of drug-likeness (QED) is 0.271. The first-order chi connectivity index (χ1) is 17.4. The standard InChI is InChI=1S/C29H28N2O4S/c1-3-5-16-25(32)30-18-10-8-11-19(17-18)36-24(4-2)29(35)31-23-15-9-14-22-26(23)28(34)21-13-7-6-12-20(21)27(22)33/h6-15,17,24H,3-5,16H2,1-2H3,(H,30,32)(H,31,35). The Kier molecular flexibility index (Phi) is 8.00. The molecule has 184 valence electrons. The number of carbonyl (C=O) groups excluding carboxylic acids is 4. The van der Waals surface area contributed by atoms with Crippen LogP contribution in [0.2, 0.25) is 0 Å². The molecule has 0 aromatic heterocycles. The van der Waals surface area contributed by atoms with Crippen LogP contribution < -0.4 is 10.6 Å². The molecule has 0 aliphatic heterocycles. The summed E-state index contributed by atoms with van der Waals surface area (Å²) in [5.41, 5.74) is 2.27. The highest BCUT2D eigenvalue weighted by molar-refractivity contribution is 8.00. The Hall–Kier alpha value is -3.71. The molecule has 3 aromatic carbocycles. The van der Waals surface area contributed by atoms with Crippen LogP contribution >= 0.6 is 11.8 Å². The fraction of sp³-hybridized carbons (Fsp3) is 0.241. The average Bonchev–Trinajstić information content (AvgIpc) is 2.89. The zero-order chi connectivity index (χ0) is 25.7. The number of anilines is 2. The predicted octanol–water partition coefficient (Wildman–Crippen LogP) is 6.10. The highest BCUT2D eigenvalue weighted by Crippen LogP contribution is 2.33. The van der Waals surface area contributed by atoms with Crippen molar-refractivity contribution < 1.29 is 19.2 Å². The number of hydrogen-bond donors (Lipinski definition) is 2.